The molecule has 1 rings (SSSR count). The lowest BCUT2D eigenvalue weighted by atomic mass is 9.85. The Labute approximate surface area is 85.1 Å². The number of hydrogen-bond donors (Lipinski definition) is 1. The summed E-state index contributed by atoms with van der Waals surface area (Å²) in [5.74, 6) is 0.832. The van der Waals surface area contributed by atoms with Crippen LogP contribution in [0.25, 0.3) is 0 Å². The van der Waals surface area contributed by atoms with Gasteiger partial charge in [-0.2, -0.15) is 0 Å². The monoisotopic (exact) mass is 187 g/mol. The first-order chi connectivity index (χ1) is 6.30. The van der Waals surface area contributed by atoms with Crippen molar-refractivity contribution in [1.29, 1.82) is 0 Å². The summed E-state index contributed by atoms with van der Waals surface area (Å²) in [7, 11) is 0. The van der Waals surface area contributed by atoms with Gasteiger partial charge in [-0.1, -0.05) is 47.0 Å². The zero-order chi connectivity index (χ0) is 10.7. The molecule has 0 aromatic heterocycles. The maximum atomic E-state index is 5.77. The maximum absolute atomic E-state index is 5.77. The first-order valence-corrected chi connectivity index (χ1v) is 6.06. The van der Waals surface area contributed by atoms with Crippen molar-refractivity contribution in [3.63, 3.8) is 0 Å². The van der Waals surface area contributed by atoms with E-state index in [2.05, 4.69) is 6.92 Å². The van der Waals surface area contributed by atoms with Gasteiger partial charge in [0.25, 0.3) is 0 Å². The van der Waals surface area contributed by atoms with E-state index in [1.54, 1.807) is 0 Å². The highest BCUT2D eigenvalue weighted by Gasteiger charge is 2.16. The number of rotatable bonds is 1. The smallest absolute Gasteiger partial charge is 0.00387 e. The van der Waals surface area contributed by atoms with Crippen molar-refractivity contribution >= 4 is 0 Å². The van der Waals surface area contributed by atoms with Crippen LogP contribution in [0.1, 0.15) is 66.7 Å². The molecule has 0 radical (unpaired) electrons. The molecule has 2 N–H and O–H groups in total. The largest absolute Gasteiger partial charge is 0.328 e. The van der Waals surface area contributed by atoms with Crippen molar-refractivity contribution in [2.45, 2.75) is 72.8 Å². The molecular weight excluding hydrogens is 158 g/mol. The van der Waals surface area contributed by atoms with Crippen molar-refractivity contribution in [3.8, 4) is 0 Å². The van der Waals surface area contributed by atoms with Gasteiger partial charge in [-0.25, -0.2) is 0 Å². The molecule has 0 saturated heterocycles. The van der Waals surface area contributed by atoms with E-state index in [9.17, 15) is 0 Å². The third kappa shape index (κ3) is 8.29. The molecule has 1 fully saturated rings. The highest BCUT2D eigenvalue weighted by atomic mass is 14.6. The molecule has 0 aliphatic heterocycles. The molecule has 1 unspecified atom stereocenters. The van der Waals surface area contributed by atoms with Crippen molar-refractivity contribution in [2.24, 2.45) is 11.7 Å². The van der Waals surface area contributed by atoms with E-state index in [1.807, 2.05) is 27.7 Å². The fourth-order valence-corrected chi connectivity index (χ4v) is 1.66. The van der Waals surface area contributed by atoms with E-state index >= 15 is 0 Å². The summed E-state index contributed by atoms with van der Waals surface area (Å²) in [6, 6.07) is 0.435. The van der Waals surface area contributed by atoms with Crippen LogP contribution in [-0.2, 0) is 0 Å². The minimum atomic E-state index is 0.435. The first kappa shape index (κ1) is 15.4. The Morgan fingerprint density at radius 2 is 1.31 bits per heavy atom. The lowest BCUT2D eigenvalue weighted by Gasteiger charge is -2.24. The van der Waals surface area contributed by atoms with E-state index < -0.39 is 0 Å². The Morgan fingerprint density at radius 3 is 1.54 bits per heavy atom. The van der Waals surface area contributed by atoms with Gasteiger partial charge in [0.05, 0.1) is 0 Å². The third-order valence-corrected chi connectivity index (χ3v) is 2.39. The fourth-order valence-electron chi connectivity index (χ4n) is 1.66. The van der Waals surface area contributed by atoms with Gasteiger partial charge in [0, 0.05) is 6.04 Å². The molecule has 0 aromatic rings. The van der Waals surface area contributed by atoms with Crippen LogP contribution in [0.3, 0.4) is 0 Å². The minimum absolute atomic E-state index is 0.435. The molecule has 0 aromatic carbocycles. The zero-order valence-corrected chi connectivity index (χ0v) is 10.3. The summed E-state index contributed by atoms with van der Waals surface area (Å²) in [6.45, 7) is 10.1. The standard InChI is InChI=1S/C8H17N.2C2H6/c1-7(9)8-5-3-2-4-6-8;2*1-2/h7-8H,2-6,9H2,1H3;2*1-2H3. The normalized spacial score (nSPS) is 18.9. The number of nitrogens with two attached hydrogens (primary N) is 1. The first-order valence-electron chi connectivity index (χ1n) is 6.06. The molecule has 0 spiro atoms. The summed E-state index contributed by atoms with van der Waals surface area (Å²) in [5, 5.41) is 0. The van der Waals surface area contributed by atoms with E-state index in [4.69, 9.17) is 5.73 Å². The van der Waals surface area contributed by atoms with Crippen LogP contribution in [0, 0.1) is 5.92 Å². The van der Waals surface area contributed by atoms with E-state index in [0.717, 1.165) is 5.92 Å². The van der Waals surface area contributed by atoms with E-state index in [-0.39, 0.29) is 0 Å². The van der Waals surface area contributed by atoms with Crippen molar-refractivity contribution < 1.29 is 0 Å². The molecule has 1 nitrogen and oxygen atoms in total. The summed E-state index contributed by atoms with van der Waals surface area (Å²) in [6.07, 6.45) is 7.00. The van der Waals surface area contributed by atoms with Gasteiger partial charge in [-0.05, 0) is 25.7 Å². The van der Waals surface area contributed by atoms with Gasteiger partial charge in [0.1, 0.15) is 0 Å². The molecule has 0 bridgehead atoms. The molecular formula is C12H29N. The van der Waals surface area contributed by atoms with Crippen LogP contribution in [0.2, 0.25) is 0 Å². The van der Waals surface area contributed by atoms with Crippen LogP contribution < -0.4 is 5.73 Å². The highest BCUT2D eigenvalue weighted by Crippen LogP contribution is 2.25. The van der Waals surface area contributed by atoms with Crippen LogP contribution in [0.15, 0.2) is 0 Å². The molecule has 1 aliphatic carbocycles. The van der Waals surface area contributed by atoms with Gasteiger partial charge in [0.2, 0.25) is 0 Å². The summed E-state index contributed by atoms with van der Waals surface area (Å²) >= 11 is 0. The Kier molecular flexibility index (Phi) is 14.2. The van der Waals surface area contributed by atoms with Crippen molar-refractivity contribution in [3.05, 3.63) is 0 Å². The second kappa shape index (κ2) is 12.0. The van der Waals surface area contributed by atoms with Gasteiger partial charge in [0.15, 0.2) is 0 Å². The molecule has 1 aliphatic rings. The Morgan fingerprint density at radius 1 is 0.923 bits per heavy atom. The average Bonchev–Trinajstić information content (AvgIpc) is 2.25. The Bertz CT molecular complexity index is 73.2. The predicted molar refractivity (Wildman–Crippen MR) is 62.9 cm³/mol. The maximum Gasteiger partial charge on any atom is 0.00387 e. The molecule has 0 amide bonds. The van der Waals surface area contributed by atoms with Gasteiger partial charge < -0.3 is 5.73 Å². The van der Waals surface area contributed by atoms with Crippen LogP contribution in [0.5, 0.6) is 0 Å². The minimum Gasteiger partial charge on any atom is -0.328 e. The molecule has 1 heteroatoms. The molecule has 0 heterocycles. The zero-order valence-electron chi connectivity index (χ0n) is 10.3. The van der Waals surface area contributed by atoms with Crippen LogP contribution in [0.4, 0.5) is 0 Å². The summed E-state index contributed by atoms with van der Waals surface area (Å²) in [4.78, 5) is 0. The van der Waals surface area contributed by atoms with Crippen molar-refractivity contribution in [1.82, 2.24) is 0 Å². The predicted octanol–water partition coefficient (Wildman–Crippen LogP) is 3.97. The summed E-state index contributed by atoms with van der Waals surface area (Å²) in [5.41, 5.74) is 5.77. The molecule has 13 heavy (non-hydrogen) atoms. The Balaban J connectivity index is 0. The number of hydrogen-bond acceptors (Lipinski definition) is 1. The van der Waals surface area contributed by atoms with Crippen LogP contribution >= 0.6 is 0 Å². The third-order valence-electron chi connectivity index (χ3n) is 2.39. The van der Waals surface area contributed by atoms with E-state index in [0.29, 0.717) is 6.04 Å². The van der Waals surface area contributed by atoms with E-state index in [1.165, 1.54) is 32.1 Å². The molecule has 1 saturated carbocycles. The Hall–Kier alpha value is -0.0400. The van der Waals surface area contributed by atoms with Gasteiger partial charge in [-0.15, -0.1) is 0 Å². The highest BCUT2D eigenvalue weighted by molar-refractivity contribution is 4.72. The molecule has 82 valence electrons. The van der Waals surface area contributed by atoms with Gasteiger partial charge in [-0.3, -0.25) is 0 Å². The second-order valence-electron chi connectivity index (χ2n) is 3.26. The van der Waals surface area contributed by atoms with Gasteiger partial charge >= 0.3 is 0 Å². The lowest BCUT2D eigenvalue weighted by Crippen LogP contribution is -2.27. The second-order valence-corrected chi connectivity index (χ2v) is 3.26. The summed E-state index contributed by atoms with van der Waals surface area (Å²) < 4.78 is 0. The lowest BCUT2D eigenvalue weighted by molar-refractivity contribution is 0.316. The fraction of sp³-hybridized carbons (Fsp3) is 1.00. The molecule has 1 atom stereocenters. The topological polar surface area (TPSA) is 26.0 Å². The quantitative estimate of drug-likeness (QED) is 0.660. The van der Waals surface area contributed by atoms with Crippen molar-refractivity contribution in [2.75, 3.05) is 0 Å². The average molecular weight is 187 g/mol. The van der Waals surface area contributed by atoms with Crippen LogP contribution in [-0.4, -0.2) is 6.04 Å². The SMILES string of the molecule is CC.CC.CC(N)C1CCCCC1.